The maximum atomic E-state index is 11.7. The first-order valence-corrected chi connectivity index (χ1v) is 11.2. The van der Waals surface area contributed by atoms with E-state index in [4.69, 9.17) is 9.84 Å². The second-order valence-electron chi connectivity index (χ2n) is 7.69. The minimum Gasteiger partial charge on any atom is -0.481 e. The number of amides is 1. The van der Waals surface area contributed by atoms with Gasteiger partial charge in [0.15, 0.2) is 0 Å². The van der Waals surface area contributed by atoms with Crippen LogP contribution in [0.2, 0.25) is 0 Å². The summed E-state index contributed by atoms with van der Waals surface area (Å²) in [6.07, 6.45) is 9.43. The Bertz CT molecular complexity index is 661. The number of nitrogens with one attached hydrogen (secondary N) is 1. The smallest absolute Gasteiger partial charge is 0.313 e. The lowest BCUT2D eigenvalue weighted by atomic mass is 10.1. The molecule has 7 heteroatoms. The van der Waals surface area contributed by atoms with Crippen LogP contribution in [0.1, 0.15) is 76.2 Å². The van der Waals surface area contributed by atoms with Crippen LogP contribution in [0.3, 0.4) is 0 Å². The molecule has 0 bridgehead atoms. The van der Waals surface area contributed by atoms with E-state index in [-0.39, 0.29) is 24.8 Å². The average molecular weight is 434 g/mol. The zero-order valence-electron chi connectivity index (χ0n) is 18.2. The van der Waals surface area contributed by atoms with Gasteiger partial charge in [0.1, 0.15) is 18.8 Å². The van der Waals surface area contributed by atoms with Crippen molar-refractivity contribution in [3.8, 4) is 0 Å². The third-order valence-corrected chi connectivity index (χ3v) is 5.04. The van der Waals surface area contributed by atoms with E-state index in [9.17, 15) is 19.2 Å². The van der Waals surface area contributed by atoms with E-state index in [0.29, 0.717) is 25.7 Å². The van der Waals surface area contributed by atoms with E-state index in [1.54, 1.807) is 0 Å². The van der Waals surface area contributed by atoms with Gasteiger partial charge in [-0.3, -0.25) is 14.4 Å². The summed E-state index contributed by atoms with van der Waals surface area (Å²) in [6, 6.07) is 9.65. The maximum Gasteiger partial charge on any atom is 0.313 e. The summed E-state index contributed by atoms with van der Waals surface area (Å²) in [6.45, 7) is 0.535. The molecule has 0 radical (unpaired) electrons. The van der Waals surface area contributed by atoms with Crippen molar-refractivity contribution >= 4 is 24.1 Å². The molecule has 1 rings (SSSR count). The lowest BCUT2D eigenvalue weighted by Crippen LogP contribution is -2.28. The number of hydrogen-bond acceptors (Lipinski definition) is 5. The van der Waals surface area contributed by atoms with Crippen LogP contribution in [0.25, 0.3) is 0 Å². The van der Waals surface area contributed by atoms with Crippen molar-refractivity contribution in [1.29, 1.82) is 0 Å². The van der Waals surface area contributed by atoms with Crippen molar-refractivity contribution in [1.82, 2.24) is 5.32 Å². The molecular weight excluding hydrogens is 398 g/mol. The van der Waals surface area contributed by atoms with Gasteiger partial charge < -0.3 is 20.0 Å². The number of ether oxygens (including phenoxy) is 1. The fourth-order valence-corrected chi connectivity index (χ4v) is 3.13. The first-order chi connectivity index (χ1) is 15.0. The van der Waals surface area contributed by atoms with Crippen molar-refractivity contribution in [2.75, 3.05) is 6.54 Å². The zero-order valence-corrected chi connectivity index (χ0v) is 18.2. The summed E-state index contributed by atoms with van der Waals surface area (Å²) in [7, 11) is 0. The van der Waals surface area contributed by atoms with Crippen molar-refractivity contribution < 1.29 is 29.0 Å². The molecule has 0 saturated carbocycles. The quantitative estimate of drug-likeness (QED) is 0.156. The van der Waals surface area contributed by atoms with E-state index < -0.39 is 11.9 Å². The van der Waals surface area contributed by atoms with E-state index in [1.807, 2.05) is 30.3 Å². The molecule has 0 aliphatic heterocycles. The molecular formula is C24H35NO6. The number of aldehydes is 1. The van der Waals surface area contributed by atoms with Crippen molar-refractivity contribution in [3.63, 3.8) is 0 Å². The molecule has 1 amide bonds. The normalized spacial score (nSPS) is 11.5. The molecule has 0 saturated heterocycles. The summed E-state index contributed by atoms with van der Waals surface area (Å²) < 4.78 is 5.26. The third kappa shape index (κ3) is 14.0. The predicted octanol–water partition coefficient (Wildman–Crippen LogP) is 4.04. The SMILES string of the molecule is O=C[C@H](CCNC(=O)CCCCCCCCCCC(=O)OCc1ccccc1)C(=O)O. The highest BCUT2D eigenvalue weighted by Crippen LogP contribution is 2.11. The fraction of sp³-hybridized carbons (Fsp3) is 0.583. The summed E-state index contributed by atoms with van der Waals surface area (Å²) in [4.78, 5) is 44.7. The van der Waals surface area contributed by atoms with Gasteiger partial charge >= 0.3 is 11.9 Å². The molecule has 2 N–H and O–H groups in total. The first kappa shape index (κ1) is 26.3. The topological polar surface area (TPSA) is 110 Å². The number of benzene rings is 1. The van der Waals surface area contributed by atoms with Gasteiger partial charge in [-0.2, -0.15) is 0 Å². The second-order valence-corrected chi connectivity index (χ2v) is 7.69. The zero-order chi connectivity index (χ0) is 22.7. The minimum atomic E-state index is -1.16. The van der Waals surface area contributed by atoms with Crippen LogP contribution in [0, 0.1) is 5.92 Å². The van der Waals surface area contributed by atoms with E-state index in [1.165, 1.54) is 0 Å². The third-order valence-electron chi connectivity index (χ3n) is 5.04. The number of unbranched alkanes of at least 4 members (excludes halogenated alkanes) is 7. The summed E-state index contributed by atoms with van der Waals surface area (Å²) in [5.74, 6) is -2.46. The van der Waals surface area contributed by atoms with Gasteiger partial charge in [0.05, 0.1) is 0 Å². The van der Waals surface area contributed by atoms with Gasteiger partial charge in [-0.05, 0) is 24.8 Å². The Labute approximate surface area is 184 Å². The lowest BCUT2D eigenvalue weighted by Gasteiger charge is -2.07. The van der Waals surface area contributed by atoms with Gasteiger partial charge in [0, 0.05) is 19.4 Å². The number of rotatable bonds is 18. The molecule has 7 nitrogen and oxygen atoms in total. The Balaban J connectivity index is 1.87. The largest absolute Gasteiger partial charge is 0.481 e. The number of hydrogen-bond donors (Lipinski definition) is 2. The van der Waals surface area contributed by atoms with Gasteiger partial charge in [-0.1, -0.05) is 68.9 Å². The second kappa shape index (κ2) is 17.0. The Kier molecular flexibility index (Phi) is 14.5. The van der Waals surface area contributed by atoms with Gasteiger partial charge in [-0.15, -0.1) is 0 Å². The maximum absolute atomic E-state index is 11.7. The molecule has 31 heavy (non-hydrogen) atoms. The number of carbonyl (C=O) groups is 4. The summed E-state index contributed by atoms with van der Waals surface area (Å²) in [5.41, 5.74) is 0.998. The fourth-order valence-electron chi connectivity index (χ4n) is 3.13. The molecule has 0 heterocycles. The molecule has 1 aromatic rings. The van der Waals surface area contributed by atoms with Crippen LogP contribution in [-0.4, -0.2) is 35.8 Å². The van der Waals surface area contributed by atoms with Gasteiger partial charge in [0.2, 0.25) is 5.91 Å². The molecule has 1 atom stereocenters. The number of carboxylic acid groups (broad SMARTS) is 1. The number of esters is 1. The molecule has 0 aliphatic rings. The van der Waals surface area contributed by atoms with E-state index in [2.05, 4.69) is 5.32 Å². The van der Waals surface area contributed by atoms with Crippen LogP contribution in [0.4, 0.5) is 0 Å². The minimum absolute atomic E-state index is 0.103. The van der Waals surface area contributed by atoms with E-state index >= 15 is 0 Å². The Morgan fingerprint density at radius 2 is 1.48 bits per heavy atom. The Morgan fingerprint density at radius 1 is 0.903 bits per heavy atom. The summed E-state index contributed by atoms with van der Waals surface area (Å²) in [5, 5.41) is 11.4. The van der Waals surface area contributed by atoms with Crippen LogP contribution >= 0.6 is 0 Å². The van der Waals surface area contributed by atoms with Gasteiger partial charge in [-0.25, -0.2) is 0 Å². The van der Waals surface area contributed by atoms with Crippen LogP contribution in [0.15, 0.2) is 30.3 Å². The molecule has 0 aromatic heterocycles. The van der Waals surface area contributed by atoms with Crippen LogP contribution < -0.4 is 5.32 Å². The van der Waals surface area contributed by atoms with Crippen molar-refractivity contribution in [2.45, 2.75) is 77.2 Å². The van der Waals surface area contributed by atoms with Crippen molar-refractivity contribution in [2.24, 2.45) is 5.92 Å². The average Bonchev–Trinajstić information content (AvgIpc) is 2.77. The molecule has 1 aromatic carbocycles. The Hall–Kier alpha value is -2.70. The summed E-state index contributed by atoms with van der Waals surface area (Å²) >= 11 is 0. The monoisotopic (exact) mass is 433 g/mol. The highest BCUT2D eigenvalue weighted by Gasteiger charge is 2.15. The van der Waals surface area contributed by atoms with Gasteiger partial charge in [0.25, 0.3) is 0 Å². The number of carboxylic acids is 1. The molecule has 0 fully saturated rings. The predicted molar refractivity (Wildman–Crippen MR) is 117 cm³/mol. The van der Waals surface area contributed by atoms with Crippen LogP contribution in [0.5, 0.6) is 0 Å². The first-order valence-electron chi connectivity index (χ1n) is 11.2. The number of aliphatic carboxylic acids is 1. The highest BCUT2D eigenvalue weighted by atomic mass is 16.5. The number of carbonyl (C=O) groups excluding carboxylic acids is 3. The molecule has 0 unspecified atom stereocenters. The van der Waals surface area contributed by atoms with E-state index in [0.717, 1.165) is 56.9 Å². The molecule has 172 valence electrons. The van der Waals surface area contributed by atoms with Crippen LogP contribution in [-0.2, 0) is 30.5 Å². The molecule has 0 aliphatic carbocycles. The molecule has 0 spiro atoms. The highest BCUT2D eigenvalue weighted by molar-refractivity contribution is 5.86. The lowest BCUT2D eigenvalue weighted by molar-refractivity contribution is -0.145. The standard InChI is InChI=1S/C24H35NO6/c26-18-21(24(29)30)16-17-25-22(27)14-10-5-3-1-2-4-6-11-15-23(28)31-19-20-12-8-7-9-13-20/h7-9,12-13,18,21H,1-6,10-11,14-17,19H2,(H,25,27)(H,29,30)/t21-/m0/s1. The Morgan fingerprint density at radius 3 is 2.06 bits per heavy atom. The van der Waals surface area contributed by atoms with Crippen molar-refractivity contribution in [3.05, 3.63) is 35.9 Å².